The number of rotatable bonds is 4. The van der Waals surface area contributed by atoms with Gasteiger partial charge in [-0.05, 0) is 24.6 Å². The zero-order valence-corrected chi connectivity index (χ0v) is 12.3. The second kappa shape index (κ2) is 6.79. The molecule has 0 saturated carbocycles. The minimum absolute atomic E-state index is 0.122. The Kier molecular flexibility index (Phi) is 4.82. The van der Waals surface area contributed by atoms with Crippen molar-refractivity contribution in [3.05, 3.63) is 23.8 Å². The zero-order chi connectivity index (χ0) is 16.1. The molecule has 22 heavy (non-hydrogen) atoms. The molecule has 3 amide bonds. The molecule has 2 rings (SSSR count). The van der Waals surface area contributed by atoms with E-state index in [0.717, 1.165) is 6.42 Å². The van der Waals surface area contributed by atoms with Crippen molar-refractivity contribution in [2.45, 2.75) is 12.8 Å². The molecule has 0 unspecified atom stereocenters. The van der Waals surface area contributed by atoms with Crippen molar-refractivity contribution in [1.82, 2.24) is 10.4 Å². The van der Waals surface area contributed by atoms with Gasteiger partial charge < -0.3 is 14.8 Å². The molecule has 0 radical (unpaired) electrons. The highest BCUT2D eigenvalue weighted by molar-refractivity contribution is 5.95. The van der Waals surface area contributed by atoms with Gasteiger partial charge in [0.15, 0.2) is 0 Å². The first kappa shape index (κ1) is 15.6. The summed E-state index contributed by atoms with van der Waals surface area (Å²) in [5.74, 6) is -0.314. The molecule has 8 heteroatoms. The molecular weight excluding hydrogens is 290 g/mol. The van der Waals surface area contributed by atoms with Gasteiger partial charge in [-0.2, -0.15) is 0 Å². The molecule has 1 aromatic rings. The van der Waals surface area contributed by atoms with E-state index in [4.69, 9.17) is 4.74 Å². The van der Waals surface area contributed by atoms with Crippen LogP contribution in [0.5, 0.6) is 5.75 Å². The van der Waals surface area contributed by atoms with E-state index >= 15 is 0 Å². The average molecular weight is 307 g/mol. The molecule has 1 aliphatic heterocycles. The number of hydrazine groups is 1. The van der Waals surface area contributed by atoms with E-state index in [1.54, 1.807) is 0 Å². The van der Waals surface area contributed by atoms with Crippen LogP contribution in [-0.2, 0) is 9.53 Å². The van der Waals surface area contributed by atoms with E-state index in [1.807, 2.05) is 0 Å². The molecule has 1 fully saturated rings. The first-order valence-electron chi connectivity index (χ1n) is 6.69. The van der Waals surface area contributed by atoms with E-state index in [9.17, 15) is 14.4 Å². The number of methoxy groups -OCH3 is 2. The maximum absolute atomic E-state index is 11.9. The molecule has 0 bridgehead atoms. The standard InChI is InChI=1S/C14H17N3O5/c1-21-11-8-9(13(19)22-2)5-6-10(11)15-14(20)16-17-7-3-4-12(17)18/h5-6,8H,3-4,7H2,1-2H3,(H2,15,16,20). The first-order chi connectivity index (χ1) is 10.5. The van der Waals surface area contributed by atoms with Crippen LogP contribution in [0.4, 0.5) is 10.5 Å². The third-order valence-corrected chi connectivity index (χ3v) is 3.18. The van der Waals surface area contributed by atoms with Crippen molar-refractivity contribution in [1.29, 1.82) is 0 Å². The smallest absolute Gasteiger partial charge is 0.338 e. The maximum atomic E-state index is 11.9. The second-order valence-electron chi connectivity index (χ2n) is 4.62. The number of benzene rings is 1. The maximum Gasteiger partial charge on any atom is 0.338 e. The molecule has 0 atom stereocenters. The van der Waals surface area contributed by atoms with Crippen molar-refractivity contribution in [2.24, 2.45) is 0 Å². The number of nitrogens with one attached hydrogen (secondary N) is 2. The number of nitrogens with zero attached hydrogens (tertiary/aromatic N) is 1. The number of hydrogen-bond donors (Lipinski definition) is 2. The third-order valence-electron chi connectivity index (χ3n) is 3.18. The van der Waals surface area contributed by atoms with Gasteiger partial charge >= 0.3 is 12.0 Å². The molecule has 0 aromatic heterocycles. The molecule has 1 heterocycles. The zero-order valence-electron chi connectivity index (χ0n) is 12.3. The van der Waals surface area contributed by atoms with Gasteiger partial charge in [0.2, 0.25) is 5.91 Å². The fourth-order valence-electron chi connectivity index (χ4n) is 2.08. The Labute approximate surface area is 127 Å². The van der Waals surface area contributed by atoms with Crippen LogP contribution in [0, 0.1) is 0 Å². The lowest BCUT2D eigenvalue weighted by atomic mass is 10.2. The summed E-state index contributed by atoms with van der Waals surface area (Å²) in [4.78, 5) is 34.8. The Morgan fingerprint density at radius 2 is 2.05 bits per heavy atom. The van der Waals surface area contributed by atoms with Crippen molar-refractivity contribution >= 4 is 23.6 Å². The molecule has 1 saturated heterocycles. The fourth-order valence-corrected chi connectivity index (χ4v) is 2.08. The molecule has 0 aliphatic carbocycles. The normalized spacial score (nSPS) is 13.7. The van der Waals surface area contributed by atoms with Crippen molar-refractivity contribution in [2.75, 3.05) is 26.1 Å². The van der Waals surface area contributed by atoms with Gasteiger partial charge in [0.25, 0.3) is 0 Å². The quantitative estimate of drug-likeness (QED) is 0.813. The van der Waals surface area contributed by atoms with Gasteiger partial charge in [-0.15, -0.1) is 0 Å². The van der Waals surface area contributed by atoms with Crippen LogP contribution in [0.15, 0.2) is 18.2 Å². The number of carbonyl (C=O) groups excluding carboxylic acids is 3. The van der Waals surface area contributed by atoms with E-state index in [-0.39, 0.29) is 5.91 Å². The fraction of sp³-hybridized carbons (Fsp3) is 0.357. The van der Waals surface area contributed by atoms with Crippen LogP contribution in [0.1, 0.15) is 23.2 Å². The molecule has 1 aromatic carbocycles. The number of ether oxygens (including phenoxy) is 2. The topological polar surface area (TPSA) is 97.0 Å². The van der Waals surface area contributed by atoms with Crippen molar-refractivity contribution < 1.29 is 23.9 Å². The summed E-state index contributed by atoms with van der Waals surface area (Å²) in [6.45, 7) is 0.491. The lowest BCUT2D eigenvalue weighted by molar-refractivity contribution is -0.129. The van der Waals surface area contributed by atoms with E-state index in [0.29, 0.717) is 30.0 Å². The minimum Gasteiger partial charge on any atom is -0.495 e. The van der Waals surface area contributed by atoms with Crippen LogP contribution in [-0.4, -0.2) is 43.7 Å². The predicted molar refractivity (Wildman–Crippen MR) is 77.4 cm³/mol. The number of esters is 1. The van der Waals surface area contributed by atoms with Crippen molar-refractivity contribution in [3.63, 3.8) is 0 Å². The molecule has 0 spiro atoms. The van der Waals surface area contributed by atoms with Crippen LogP contribution >= 0.6 is 0 Å². The van der Waals surface area contributed by atoms with Gasteiger partial charge in [-0.1, -0.05) is 0 Å². The first-order valence-corrected chi connectivity index (χ1v) is 6.69. The highest BCUT2D eigenvalue weighted by Gasteiger charge is 2.22. The van der Waals surface area contributed by atoms with E-state index in [2.05, 4.69) is 15.5 Å². The van der Waals surface area contributed by atoms with Crippen LogP contribution < -0.4 is 15.5 Å². The Hall–Kier alpha value is -2.77. The summed E-state index contributed by atoms with van der Waals surface area (Å²) in [5.41, 5.74) is 3.14. The number of urea groups is 1. The Morgan fingerprint density at radius 3 is 2.64 bits per heavy atom. The summed E-state index contributed by atoms with van der Waals surface area (Å²) in [6, 6.07) is 3.93. The summed E-state index contributed by atoms with van der Waals surface area (Å²) in [5, 5.41) is 3.84. The molecule has 2 N–H and O–H groups in total. The van der Waals surface area contributed by atoms with E-state index < -0.39 is 12.0 Å². The van der Waals surface area contributed by atoms with Gasteiger partial charge in [-0.25, -0.2) is 15.0 Å². The summed E-state index contributed by atoms with van der Waals surface area (Å²) >= 11 is 0. The molecular formula is C14H17N3O5. The molecule has 118 valence electrons. The number of hydrogen-bond acceptors (Lipinski definition) is 5. The Morgan fingerprint density at radius 1 is 1.27 bits per heavy atom. The van der Waals surface area contributed by atoms with Gasteiger partial charge in [0.1, 0.15) is 5.75 Å². The van der Waals surface area contributed by atoms with Crippen LogP contribution in [0.2, 0.25) is 0 Å². The predicted octanol–water partition coefficient (Wildman–Crippen LogP) is 1.14. The SMILES string of the molecule is COC(=O)c1ccc(NC(=O)NN2CCCC2=O)c(OC)c1. The highest BCUT2D eigenvalue weighted by Crippen LogP contribution is 2.25. The molecule has 8 nitrogen and oxygen atoms in total. The van der Waals surface area contributed by atoms with Gasteiger partial charge in [0.05, 0.1) is 25.5 Å². The van der Waals surface area contributed by atoms with Gasteiger partial charge in [-0.3, -0.25) is 9.80 Å². The Bertz CT molecular complexity index is 602. The van der Waals surface area contributed by atoms with E-state index in [1.165, 1.54) is 37.4 Å². The second-order valence-corrected chi connectivity index (χ2v) is 4.62. The van der Waals surface area contributed by atoms with Crippen LogP contribution in [0.25, 0.3) is 0 Å². The summed E-state index contributed by atoms with van der Waals surface area (Å²) in [6.07, 6.45) is 1.15. The number of anilines is 1. The monoisotopic (exact) mass is 307 g/mol. The molecule has 1 aliphatic rings. The Balaban J connectivity index is 2.06. The summed E-state index contributed by atoms with van der Waals surface area (Å²) in [7, 11) is 2.70. The average Bonchev–Trinajstić information content (AvgIpc) is 2.91. The van der Waals surface area contributed by atoms with Crippen molar-refractivity contribution in [3.8, 4) is 5.75 Å². The number of carbonyl (C=O) groups is 3. The largest absolute Gasteiger partial charge is 0.495 e. The van der Waals surface area contributed by atoms with Crippen LogP contribution in [0.3, 0.4) is 0 Å². The number of amides is 3. The highest BCUT2D eigenvalue weighted by atomic mass is 16.5. The summed E-state index contributed by atoms with van der Waals surface area (Å²) < 4.78 is 9.76. The lowest BCUT2D eigenvalue weighted by Crippen LogP contribution is -2.44. The third kappa shape index (κ3) is 3.46. The lowest BCUT2D eigenvalue weighted by Gasteiger charge is -2.18. The minimum atomic E-state index is -0.556. The van der Waals surface area contributed by atoms with Gasteiger partial charge in [0, 0.05) is 13.0 Å².